The number of phenolic OH excluding ortho intramolecular Hbond substituents is 1. The number of aromatic nitrogens is 1. The van der Waals surface area contributed by atoms with E-state index in [-0.39, 0.29) is 29.3 Å². The third-order valence-electron chi connectivity index (χ3n) is 14.9. The number of pyridine rings is 1. The molecule has 4 aromatic rings. The number of nitrogens with one attached hydrogen (secondary N) is 1. The summed E-state index contributed by atoms with van der Waals surface area (Å²) in [5, 5.41) is 40.6. The summed E-state index contributed by atoms with van der Waals surface area (Å²) < 4.78 is 5.48. The summed E-state index contributed by atoms with van der Waals surface area (Å²) in [4.78, 5) is 30.3. The van der Waals surface area contributed by atoms with Crippen LogP contribution in [-0.4, -0.2) is 63.8 Å². The lowest BCUT2D eigenvalue weighted by atomic mass is 9.63. The maximum Gasteiger partial charge on any atom is 0.160 e. The molecule has 0 amide bonds. The van der Waals surface area contributed by atoms with Crippen molar-refractivity contribution in [3.63, 3.8) is 0 Å². The lowest BCUT2D eigenvalue weighted by Crippen LogP contribution is -2.52. The van der Waals surface area contributed by atoms with Gasteiger partial charge in [-0.2, -0.15) is 0 Å². The standard InChI is InChI=1S/C52H63N3O6/c1-61-50-27-37-15-19-48(59)43(47(58)9-6-23-52(21-4-5-22-52)40-26-39-13-17-42(57)30-46(39)55-32-40)18-14-34(45(37)31-49(50)60)12-16-41(56)29-44(38-20-24-54-51(53)28-38)36-11-10-33-7-2-3-8-35(33)25-36/h2-3,7-8,10-11,20,24-25,27-28,31,34,39-41,43-44,46-47,55-56,58,60H,4-6,9,12-13,15-17,19,21-23,26,29-30,32H2,1H3,(H2,53,54)/t34-,39-,40+,41+,43-,44+,46-,47-/m1/s1. The van der Waals surface area contributed by atoms with Gasteiger partial charge in [-0.1, -0.05) is 73.6 Å². The Morgan fingerprint density at radius 2 is 1.75 bits per heavy atom. The second-order valence-corrected chi connectivity index (χ2v) is 18.7. The topological polar surface area (TPSA) is 155 Å². The van der Waals surface area contributed by atoms with Crippen LogP contribution in [0.2, 0.25) is 0 Å². The molecule has 3 aliphatic carbocycles. The largest absolute Gasteiger partial charge is 0.504 e. The van der Waals surface area contributed by atoms with Gasteiger partial charge in [-0.05, 0) is 145 Å². The summed E-state index contributed by atoms with van der Waals surface area (Å²) in [5.74, 6) is 7.56. The Bertz CT molecular complexity index is 2260. The fraction of sp³-hybridized carbons (Fsp3) is 0.519. The number of nitrogen functional groups attached to an aromatic ring is 1. The van der Waals surface area contributed by atoms with Crippen molar-refractivity contribution in [1.82, 2.24) is 10.3 Å². The van der Waals surface area contributed by atoms with E-state index in [9.17, 15) is 24.9 Å². The number of fused-ring (bicyclic) bond motifs is 3. The molecule has 1 aliphatic heterocycles. The fourth-order valence-electron chi connectivity index (χ4n) is 11.5. The molecule has 3 aromatic carbocycles. The highest BCUT2D eigenvalue weighted by atomic mass is 16.5. The van der Waals surface area contributed by atoms with Gasteiger partial charge in [0.2, 0.25) is 0 Å². The third kappa shape index (κ3) is 9.83. The molecule has 1 saturated heterocycles. The van der Waals surface area contributed by atoms with E-state index in [1.807, 2.05) is 24.3 Å². The molecule has 0 spiro atoms. The van der Waals surface area contributed by atoms with Crippen LogP contribution in [0.5, 0.6) is 11.5 Å². The van der Waals surface area contributed by atoms with Gasteiger partial charge >= 0.3 is 0 Å². The Labute approximate surface area is 360 Å². The maximum atomic E-state index is 13.9. The second-order valence-electron chi connectivity index (χ2n) is 18.7. The zero-order valence-electron chi connectivity index (χ0n) is 35.7. The molecule has 2 heterocycles. The fourth-order valence-corrected chi connectivity index (χ4v) is 11.5. The number of rotatable bonds is 14. The van der Waals surface area contributed by atoms with Gasteiger partial charge in [0.25, 0.3) is 0 Å². The molecule has 6 N–H and O–H groups in total. The molecule has 0 radical (unpaired) electrons. The number of nitrogens with two attached hydrogens (primary N) is 1. The lowest BCUT2D eigenvalue weighted by molar-refractivity contribution is -0.124. The Morgan fingerprint density at radius 1 is 0.951 bits per heavy atom. The lowest BCUT2D eigenvalue weighted by Gasteiger charge is -2.47. The number of carbonyl (C=O) groups excluding carboxylic acids is 2. The molecule has 4 aliphatic rings. The Balaban J connectivity index is 0.983. The summed E-state index contributed by atoms with van der Waals surface area (Å²) in [5.41, 5.74) is 10.1. The maximum absolute atomic E-state index is 13.9. The average molecular weight is 826 g/mol. The Kier molecular flexibility index (Phi) is 13.4. The van der Waals surface area contributed by atoms with E-state index in [2.05, 4.69) is 52.5 Å². The monoisotopic (exact) mass is 825 g/mol. The zero-order valence-corrected chi connectivity index (χ0v) is 35.7. The van der Waals surface area contributed by atoms with Crippen molar-refractivity contribution in [3.8, 4) is 23.3 Å². The predicted molar refractivity (Wildman–Crippen MR) is 239 cm³/mol. The van der Waals surface area contributed by atoms with Gasteiger partial charge in [0, 0.05) is 43.3 Å². The quantitative estimate of drug-likeness (QED) is 0.0787. The van der Waals surface area contributed by atoms with Crippen LogP contribution < -0.4 is 15.8 Å². The average Bonchev–Trinajstić information content (AvgIpc) is 3.77. The van der Waals surface area contributed by atoms with E-state index in [0.29, 0.717) is 80.2 Å². The molecule has 322 valence electrons. The predicted octanol–water partition coefficient (Wildman–Crippen LogP) is 8.55. The molecular formula is C52H63N3O6. The van der Waals surface area contributed by atoms with Crippen LogP contribution in [0.3, 0.4) is 0 Å². The highest BCUT2D eigenvalue weighted by molar-refractivity contribution is 5.85. The highest BCUT2D eigenvalue weighted by Crippen LogP contribution is 2.52. The normalized spacial score (nSPS) is 25.2. The van der Waals surface area contributed by atoms with Gasteiger partial charge in [-0.3, -0.25) is 9.59 Å². The first-order valence-electron chi connectivity index (χ1n) is 22.8. The number of carbonyl (C=O) groups is 2. The number of Topliss-reactive ketones (excluding diaryl/α,β-unsaturated/α-hetero) is 2. The van der Waals surface area contributed by atoms with Crippen molar-refractivity contribution in [2.45, 2.75) is 133 Å². The minimum atomic E-state index is -0.887. The van der Waals surface area contributed by atoms with Crippen LogP contribution in [0.4, 0.5) is 5.82 Å². The van der Waals surface area contributed by atoms with Crippen molar-refractivity contribution in [2.24, 2.45) is 23.2 Å². The number of anilines is 1. The van der Waals surface area contributed by atoms with Crippen LogP contribution >= 0.6 is 0 Å². The molecule has 0 unspecified atom stereocenters. The number of ketones is 2. The van der Waals surface area contributed by atoms with Gasteiger partial charge < -0.3 is 31.1 Å². The molecule has 3 fully saturated rings. The molecule has 9 heteroatoms. The van der Waals surface area contributed by atoms with Gasteiger partial charge in [0.15, 0.2) is 17.3 Å². The van der Waals surface area contributed by atoms with Crippen LogP contribution in [0.1, 0.15) is 130 Å². The highest BCUT2D eigenvalue weighted by Gasteiger charge is 2.45. The number of benzene rings is 3. The summed E-state index contributed by atoms with van der Waals surface area (Å²) in [6, 6.07) is 22.3. The number of aryl methyl sites for hydroxylation is 1. The smallest absolute Gasteiger partial charge is 0.160 e. The van der Waals surface area contributed by atoms with E-state index in [4.69, 9.17) is 10.5 Å². The number of aliphatic hydroxyl groups excluding tert-OH is 2. The summed E-state index contributed by atoms with van der Waals surface area (Å²) in [7, 11) is 1.51. The molecular weight excluding hydrogens is 763 g/mol. The number of aromatic hydroxyl groups is 1. The van der Waals surface area contributed by atoms with E-state index in [0.717, 1.165) is 58.8 Å². The number of hydrogen-bond donors (Lipinski definition) is 5. The molecule has 61 heavy (non-hydrogen) atoms. The Hall–Kier alpha value is -4.75. The zero-order chi connectivity index (χ0) is 42.5. The minimum Gasteiger partial charge on any atom is -0.504 e. The molecule has 9 nitrogen and oxygen atoms in total. The minimum absolute atomic E-state index is 0.00362. The number of aliphatic hydroxyl groups is 2. The molecule has 2 saturated carbocycles. The van der Waals surface area contributed by atoms with Crippen LogP contribution in [0.25, 0.3) is 10.8 Å². The van der Waals surface area contributed by atoms with E-state index in [1.165, 1.54) is 39.2 Å². The third-order valence-corrected chi connectivity index (χ3v) is 14.9. The first-order chi connectivity index (χ1) is 29.6. The van der Waals surface area contributed by atoms with Crippen molar-refractivity contribution in [2.75, 3.05) is 19.4 Å². The van der Waals surface area contributed by atoms with Gasteiger partial charge in [-0.15, -0.1) is 0 Å². The molecule has 8 rings (SSSR count). The number of phenols is 1. The number of piperidine rings is 1. The van der Waals surface area contributed by atoms with Crippen molar-refractivity contribution in [1.29, 1.82) is 0 Å². The van der Waals surface area contributed by atoms with Crippen LogP contribution in [0, 0.1) is 35.0 Å². The first kappa shape index (κ1) is 42.9. The van der Waals surface area contributed by atoms with Gasteiger partial charge in [-0.25, -0.2) is 4.98 Å². The summed E-state index contributed by atoms with van der Waals surface area (Å²) in [6.07, 6.45) is 12.9. The van der Waals surface area contributed by atoms with Gasteiger partial charge in [0.05, 0.1) is 19.3 Å². The second kappa shape index (κ2) is 19.1. The van der Waals surface area contributed by atoms with Crippen LogP contribution in [0.15, 0.2) is 72.9 Å². The Morgan fingerprint density at radius 3 is 2.56 bits per heavy atom. The SMILES string of the molecule is COc1cc2c(cc1O)[C@H](CC[C@H](O)C[C@H](c1ccnc(N)c1)c1ccc3ccccc3c1)C#C[C@H]([C@H](O)CCCC1([C@@H]3CN[C@@H]4CC(=O)CC[C@@H]4C3)CCCC1)C(=O)CC2. The molecule has 1 aromatic heterocycles. The van der Waals surface area contributed by atoms with Crippen LogP contribution in [-0.2, 0) is 16.0 Å². The number of hydrogen-bond acceptors (Lipinski definition) is 9. The number of nitrogens with zero attached hydrogens (tertiary/aromatic N) is 1. The molecule has 8 atom stereocenters. The summed E-state index contributed by atoms with van der Waals surface area (Å²) in [6.45, 7) is 0.961. The first-order valence-corrected chi connectivity index (χ1v) is 22.8. The van der Waals surface area contributed by atoms with Crippen molar-refractivity contribution in [3.05, 3.63) is 95.2 Å². The van der Waals surface area contributed by atoms with E-state index >= 15 is 0 Å². The van der Waals surface area contributed by atoms with E-state index in [1.54, 1.807) is 18.3 Å². The number of methoxy groups -OCH3 is 1. The van der Waals surface area contributed by atoms with Crippen molar-refractivity contribution >= 4 is 28.2 Å². The summed E-state index contributed by atoms with van der Waals surface area (Å²) >= 11 is 0. The van der Waals surface area contributed by atoms with Crippen molar-refractivity contribution < 1.29 is 29.6 Å². The van der Waals surface area contributed by atoms with Gasteiger partial charge in [0.1, 0.15) is 17.5 Å². The number of ether oxygens (including phenoxy) is 1. The van der Waals surface area contributed by atoms with E-state index < -0.39 is 24.0 Å². The molecule has 0 bridgehead atoms.